The molecule has 0 aliphatic heterocycles. The van der Waals surface area contributed by atoms with Crippen LogP contribution in [-0.2, 0) is 13.0 Å². The fourth-order valence-electron chi connectivity index (χ4n) is 3.06. The van der Waals surface area contributed by atoms with Gasteiger partial charge in [0.2, 0.25) is 17.8 Å². The van der Waals surface area contributed by atoms with Crippen LogP contribution in [0.5, 0.6) is 11.5 Å². The lowest BCUT2D eigenvalue weighted by Gasteiger charge is -2.14. The smallest absolute Gasteiger partial charge is 0.296 e. The van der Waals surface area contributed by atoms with Gasteiger partial charge in [0.15, 0.2) is 0 Å². The number of ether oxygens (including phenoxy) is 1. The first kappa shape index (κ1) is 23.3. The lowest BCUT2D eigenvalue weighted by Crippen LogP contribution is -2.25. The lowest BCUT2D eigenvalue weighted by atomic mass is 10.2. The summed E-state index contributed by atoms with van der Waals surface area (Å²) in [7, 11) is 0. The standard InChI is InChI=1S/C23H18ClF2N5O3/c24-15-3-1-14(2-4-15)13-31-23(29-22(33)19(30-31)9-10-32)27-16-5-7-17(8-6-16)34-18-11-20(25)28-21(26)12-18/h1-8,11-12,32H,9-10,13H2,(H,27,29,33). The van der Waals surface area contributed by atoms with Gasteiger partial charge in [-0.05, 0) is 42.0 Å². The van der Waals surface area contributed by atoms with Gasteiger partial charge in [0.05, 0.1) is 6.54 Å². The van der Waals surface area contributed by atoms with Gasteiger partial charge in [-0.1, -0.05) is 23.7 Å². The van der Waals surface area contributed by atoms with Gasteiger partial charge in [-0.15, -0.1) is 0 Å². The number of aromatic nitrogens is 4. The Bertz CT molecular complexity index is 1330. The third kappa shape index (κ3) is 5.91. The molecule has 0 saturated heterocycles. The maximum atomic E-state index is 13.3. The maximum Gasteiger partial charge on any atom is 0.296 e. The molecule has 0 atom stereocenters. The second-order valence-electron chi connectivity index (χ2n) is 7.14. The number of aliphatic hydroxyl groups excluding tert-OH is 1. The van der Waals surface area contributed by atoms with Gasteiger partial charge in [-0.25, -0.2) is 4.68 Å². The lowest BCUT2D eigenvalue weighted by molar-refractivity contribution is 0.296. The van der Waals surface area contributed by atoms with Crippen molar-refractivity contribution in [2.45, 2.75) is 13.0 Å². The zero-order valence-corrected chi connectivity index (χ0v) is 18.3. The molecule has 0 saturated carbocycles. The first-order valence-corrected chi connectivity index (χ1v) is 10.5. The summed E-state index contributed by atoms with van der Waals surface area (Å²) in [5, 5.41) is 17.2. The minimum absolute atomic E-state index is 0.0344. The highest BCUT2D eigenvalue weighted by Gasteiger charge is 2.12. The van der Waals surface area contributed by atoms with Crippen LogP contribution >= 0.6 is 11.6 Å². The molecule has 174 valence electrons. The third-order valence-electron chi connectivity index (χ3n) is 4.62. The van der Waals surface area contributed by atoms with Crippen molar-refractivity contribution >= 4 is 23.2 Å². The van der Waals surface area contributed by atoms with Gasteiger partial charge in [-0.3, -0.25) is 4.79 Å². The number of anilines is 2. The third-order valence-corrected chi connectivity index (χ3v) is 4.87. The molecule has 0 unspecified atom stereocenters. The van der Waals surface area contributed by atoms with Crippen molar-refractivity contribution < 1.29 is 18.6 Å². The maximum absolute atomic E-state index is 13.3. The van der Waals surface area contributed by atoms with Crippen molar-refractivity contribution in [2.24, 2.45) is 0 Å². The van der Waals surface area contributed by atoms with E-state index < -0.39 is 17.5 Å². The summed E-state index contributed by atoms with van der Waals surface area (Å²) >= 11 is 5.95. The molecule has 8 nitrogen and oxygen atoms in total. The van der Waals surface area contributed by atoms with Gasteiger partial charge < -0.3 is 15.2 Å². The largest absolute Gasteiger partial charge is 0.457 e. The zero-order chi connectivity index (χ0) is 24.1. The average Bonchev–Trinajstić information content (AvgIpc) is 2.79. The van der Waals surface area contributed by atoms with Crippen molar-refractivity contribution in [3.8, 4) is 11.5 Å². The summed E-state index contributed by atoms with van der Waals surface area (Å²) in [4.78, 5) is 19.4. The van der Waals surface area contributed by atoms with Gasteiger partial charge in [0.1, 0.15) is 17.2 Å². The summed E-state index contributed by atoms with van der Waals surface area (Å²) in [6, 6.07) is 15.5. The van der Waals surface area contributed by atoms with Gasteiger partial charge in [0, 0.05) is 35.9 Å². The first-order chi connectivity index (χ1) is 16.4. The number of aliphatic hydroxyl groups is 1. The molecule has 2 aromatic carbocycles. The van der Waals surface area contributed by atoms with Crippen molar-refractivity contribution in [3.05, 3.63) is 99.2 Å². The molecule has 2 N–H and O–H groups in total. The summed E-state index contributed by atoms with van der Waals surface area (Å²) in [5.41, 5.74) is 1.03. The molecule has 0 bridgehead atoms. The minimum atomic E-state index is -0.991. The van der Waals surface area contributed by atoms with E-state index in [1.54, 1.807) is 36.4 Å². The number of pyridine rings is 1. The number of hydrogen-bond acceptors (Lipinski definition) is 7. The van der Waals surface area contributed by atoms with E-state index in [4.69, 9.17) is 16.3 Å². The van der Waals surface area contributed by atoms with Crippen LogP contribution in [0.4, 0.5) is 20.4 Å². The van der Waals surface area contributed by atoms with E-state index in [2.05, 4.69) is 20.4 Å². The molecule has 0 aliphatic rings. The van der Waals surface area contributed by atoms with Gasteiger partial charge in [0.25, 0.3) is 5.56 Å². The zero-order valence-electron chi connectivity index (χ0n) is 17.6. The molecule has 2 heterocycles. The number of nitrogens with one attached hydrogen (secondary N) is 1. The molecule has 2 aromatic heterocycles. The Labute approximate surface area is 197 Å². The Morgan fingerprint density at radius 1 is 0.971 bits per heavy atom. The predicted octanol–water partition coefficient (Wildman–Crippen LogP) is 4.08. The van der Waals surface area contributed by atoms with E-state index in [-0.39, 0.29) is 30.4 Å². The molecule has 34 heavy (non-hydrogen) atoms. The number of halogens is 3. The van der Waals surface area contributed by atoms with E-state index >= 15 is 0 Å². The van der Waals surface area contributed by atoms with Crippen molar-refractivity contribution in [1.29, 1.82) is 0 Å². The highest BCUT2D eigenvalue weighted by molar-refractivity contribution is 6.30. The van der Waals surface area contributed by atoms with E-state index in [1.165, 1.54) is 4.68 Å². The summed E-state index contributed by atoms with van der Waals surface area (Å²) < 4.78 is 33.5. The van der Waals surface area contributed by atoms with Crippen molar-refractivity contribution in [1.82, 2.24) is 19.7 Å². The molecule has 0 spiro atoms. The number of hydrogen-bond donors (Lipinski definition) is 2. The summed E-state index contributed by atoms with van der Waals surface area (Å²) in [5.74, 6) is -1.50. The Hall–Kier alpha value is -3.89. The molecule has 0 fully saturated rings. The van der Waals surface area contributed by atoms with Crippen LogP contribution in [0.1, 0.15) is 11.3 Å². The molecule has 0 amide bonds. The molecular formula is C23H18ClF2N5O3. The van der Waals surface area contributed by atoms with E-state index in [0.717, 1.165) is 17.7 Å². The Balaban J connectivity index is 1.57. The molecule has 0 aliphatic carbocycles. The molecule has 4 rings (SSSR count). The fraction of sp³-hybridized carbons (Fsp3) is 0.130. The normalized spacial score (nSPS) is 10.8. The van der Waals surface area contributed by atoms with Crippen LogP contribution < -0.4 is 15.6 Å². The predicted molar refractivity (Wildman–Crippen MR) is 122 cm³/mol. The summed E-state index contributed by atoms with van der Waals surface area (Å²) in [6.07, 6.45) is 0.0783. The summed E-state index contributed by atoms with van der Waals surface area (Å²) in [6.45, 7) is 0.0654. The van der Waals surface area contributed by atoms with Crippen LogP contribution in [0, 0.1) is 11.9 Å². The number of rotatable bonds is 8. The van der Waals surface area contributed by atoms with E-state index in [9.17, 15) is 18.7 Å². The molecule has 0 radical (unpaired) electrons. The monoisotopic (exact) mass is 485 g/mol. The van der Waals surface area contributed by atoms with Crippen molar-refractivity contribution in [2.75, 3.05) is 11.9 Å². The average molecular weight is 486 g/mol. The van der Waals surface area contributed by atoms with Crippen LogP contribution in [0.15, 0.2) is 65.5 Å². The highest BCUT2D eigenvalue weighted by Crippen LogP contribution is 2.25. The second-order valence-corrected chi connectivity index (χ2v) is 7.58. The van der Waals surface area contributed by atoms with Gasteiger partial charge >= 0.3 is 0 Å². The Morgan fingerprint density at radius 2 is 1.65 bits per heavy atom. The van der Waals surface area contributed by atoms with E-state index in [0.29, 0.717) is 23.0 Å². The van der Waals surface area contributed by atoms with Crippen LogP contribution in [0.3, 0.4) is 0 Å². The first-order valence-electron chi connectivity index (χ1n) is 10.1. The van der Waals surface area contributed by atoms with Crippen LogP contribution in [0.25, 0.3) is 0 Å². The molecule has 4 aromatic rings. The van der Waals surface area contributed by atoms with Crippen molar-refractivity contribution in [3.63, 3.8) is 0 Å². The number of benzene rings is 2. The fourth-order valence-corrected chi connectivity index (χ4v) is 3.18. The number of nitrogens with zero attached hydrogens (tertiary/aromatic N) is 4. The van der Waals surface area contributed by atoms with E-state index in [1.807, 2.05) is 12.1 Å². The topological polar surface area (TPSA) is 102 Å². The minimum Gasteiger partial charge on any atom is -0.457 e. The molecular weight excluding hydrogens is 468 g/mol. The van der Waals surface area contributed by atoms with Crippen LogP contribution in [-0.4, -0.2) is 31.5 Å². The highest BCUT2D eigenvalue weighted by atomic mass is 35.5. The Morgan fingerprint density at radius 3 is 2.29 bits per heavy atom. The molecule has 11 heteroatoms. The van der Waals surface area contributed by atoms with Crippen LogP contribution in [0.2, 0.25) is 5.02 Å². The SMILES string of the molecule is O=c1nc(Nc2ccc(Oc3cc(F)nc(F)c3)cc2)n(Cc2ccc(Cl)cc2)nc1CCO. The second kappa shape index (κ2) is 10.4. The van der Waals surface area contributed by atoms with Gasteiger partial charge in [-0.2, -0.15) is 23.8 Å². The Kier molecular flexibility index (Phi) is 7.09. The quantitative estimate of drug-likeness (QED) is 0.362.